The highest BCUT2D eigenvalue weighted by Gasteiger charge is 2.16. The van der Waals surface area contributed by atoms with Gasteiger partial charge in [-0.3, -0.25) is 4.99 Å². The van der Waals surface area contributed by atoms with Crippen LogP contribution in [0.4, 0.5) is 9.59 Å². The molecule has 0 rings (SSSR count). The minimum absolute atomic E-state index is 0.333. The lowest BCUT2D eigenvalue weighted by Crippen LogP contribution is -2.36. The summed E-state index contributed by atoms with van der Waals surface area (Å²) in [6.45, 7) is 12.9. The summed E-state index contributed by atoms with van der Waals surface area (Å²) in [6.07, 6.45) is 0.471. The van der Waals surface area contributed by atoms with E-state index >= 15 is 0 Å². The number of ether oxygens (including phenoxy) is 2. The molecule has 26 heavy (non-hydrogen) atoms. The van der Waals surface area contributed by atoms with Gasteiger partial charge in [-0.15, -0.1) is 0 Å². The molecule has 2 amide bonds. The number of alkyl carbamates (subject to hydrolysis) is 2. The van der Waals surface area contributed by atoms with Crippen LogP contribution >= 0.6 is 0 Å². The van der Waals surface area contributed by atoms with E-state index in [0.717, 1.165) is 0 Å². The Morgan fingerprint density at radius 2 is 1.23 bits per heavy atom. The Hall–Kier alpha value is -2.19. The summed E-state index contributed by atoms with van der Waals surface area (Å²) in [5.41, 5.74) is 4.73. The normalized spacial score (nSPS) is 12.3. The van der Waals surface area contributed by atoms with Crippen LogP contribution < -0.4 is 21.7 Å². The van der Waals surface area contributed by atoms with Crippen molar-refractivity contribution < 1.29 is 19.1 Å². The molecule has 0 saturated heterocycles. The van der Waals surface area contributed by atoms with Crippen molar-refractivity contribution in [3.63, 3.8) is 0 Å². The Bertz CT molecular complexity index is 467. The van der Waals surface area contributed by atoms with Crippen LogP contribution in [-0.4, -0.2) is 55.5 Å². The molecule has 0 aliphatic rings. The third-order valence-corrected chi connectivity index (χ3v) is 2.61. The van der Waals surface area contributed by atoms with Gasteiger partial charge in [0.05, 0.1) is 0 Å². The van der Waals surface area contributed by atoms with Gasteiger partial charge in [-0.1, -0.05) is 0 Å². The van der Waals surface area contributed by atoms with Gasteiger partial charge in [0.2, 0.25) is 0 Å². The number of rotatable bonds is 8. The molecule has 0 aromatic rings. The highest BCUT2D eigenvalue weighted by Crippen LogP contribution is 2.06. The molecule has 9 heteroatoms. The minimum atomic E-state index is -0.505. The first-order valence-electron chi connectivity index (χ1n) is 8.86. The van der Waals surface area contributed by atoms with Crippen molar-refractivity contribution in [1.82, 2.24) is 16.0 Å². The summed E-state index contributed by atoms with van der Waals surface area (Å²) in [7, 11) is 0. The fraction of sp³-hybridized carbons (Fsp3) is 0.824. The maximum absolute atomic E-state index is 11.4. The Morgan fingerprint density at radius 1 is 0.808 bits per heavy atom. The van der Waals surface area contributed by atoms with Crippen molar-refractivity contribution >= 4 is 18.1 Å². The topological polar surface area (TPSA) is 127 Å². The third-order valence-electron chi connectivity index (χ3n) is 2.61. The summed E-state index contributed by atoms with van der Waals surface area (Å²) in [4.78, 5) is 27.0. The smallest absolute Gasteiger partial charge is 0.407 e. The second-order valence-corrected chi connectivity index (χ2v) is 7.76. The fourth-order valence-electron chi connectivity index (χ4n) is 1.65. The number of hydrogen-bond donors (Lipinski definition) is 4. The summed E-state index contributed by atoms with van der Waals surface area (Å²) < 4.78 is 10.3. The number of carbonyl (C=O) groups is 2. The SMILES string of the molecule is CC(C)(C)OC(=O)NCCCN=C(N)NCCCNC(=O)OC(C)(C)C. The molecule has 0 unspecified atom stereocenters. The maximum Gasteiger partial charge on any atom is 0.407 e. The minimum Gasteiger partial charge on any atom is -0.444 e. The van der Waals surface area contributed by atoms with Crippen molar-refractivity contribution in [2.75, 3.05) is 26.2 Å². The van der Waals surface area contributed by atoms with Crippen LogP contribution in [0.3, 0.4) is 0 Å². The molecule has 0 spiro atoms. The number of amides is 2. The highest BCUT2D eigenvalue weighted by molar-refractivity contribution is 5.77. The van der Waals surface area contributed by atoms with Crippen molar-refractivity contribution in [2.24, 2.45) is 10.7 Å². The Balaban J connectivity index is 3.68. The monoisotopic (exact) mass is 373 g/mol. The molecule has 5 N–H and O–H groups in total. The van der Waals surface area contributed by atoms with Crippen LogP contribution in [0, 0.1) is 0 Å². The average molecular weight is 373 g/mol. The van der Waals surface area contributed by atoms with E-state index in [-0.39, 0.29) is 0 Å². The van der Waals surface area contributed by atoms with Gasteiger partial charge in [0.25, 0.3) is 0 Å². The van der Waals surface area contributed by atoms with E-state index in [9.17, 15) is 9.59 Å². The lowest BCUT2D eigenvalue weighted by atomic mass is 10.2. The van der Waals surface area contributed by atoms with Gasteiger partial charge in [-0.25, -0.2) is 9.59 Å². The lowest BCUT2D eigenvalue weighted by Gasteiger charge is -2.19. The molecular weight excluding hydrogens is 338 g/mol. The zero-order valence-corrected chi connectivity index (χ0v) is 16.9. The van der Waals surface area contributed by atoms with Gasteiger partial charge in [0.15, 0.2) is 5.96 Å². The van der Waals surface area contributed by atoms with E-state index in [4.69, 9.17) is 15.2 Å². The molecule has 152 valence electrons. The molecule has 0 aromatic carbocycles. The fourth-order valence-corrected chi connectivity index (χ4v) is 1.65. The van der Waals surface area contributed by atoms with Gasteiger partial charge in [-0.2, -0.15) is 0 Å². The largest absolute Gasteiger partial charge is 0.444 e. The Labute approximate surface area is 156 Å². The quantitative estimate of drug-likeness (QED) is 0.291. The molecule has 0 atom stereocenters. The van der Waals surface area contributed by atoms with Crippen LogP contribution in [0.1, 0.15) is 54.4 Å². The predicted molar refractivity (Wildman–Crippen MR) is 102 cm³/mol. The van der Waals surface area contributed by atoms with Gasteiger partial charge in [0.1, 0.15) is 11.2 Å². The summed E-state index contributed by atoms with van der Waals surface area (Å²) in [6, 6.07) is 0. The predicted octanol–water partition coefficient (Wildman–Crippen LogP) is 1.72. The zero-order valence-electron chi connectivity index (χ0n) is 16.9. The first kappa shape index (κ1) is 23.8. The molecule has 0 bridgehead atoms. The molecular formula is C17H35N5O4. The molecule has 0 fully saturated rings. The van der Waals surface area contributed by atoms with E-state index in [1.54, 1.807) is 0 Å². The lowest BCUT2D eigenvalue weighted by molar-refractivity contribution is 0.0516. The van der Waals surface area contributed by atoms with Crippen molar-refractivity contribution in [3.8, 4) is 0 Å². The standard InChI is InChI=1S/C17H35N5O4/c1-16(2,3)25-14(23)21-11-7-9-19-13(18)20-10-8-12-22-15(24)26-17(4,5)6/h7-12H2,1-6H3,(H,21,23)(H,22,24)(H3,18,19,20). The second-order valence-electron chi connectivity index (χ2n) is 7.76. The number of nitrogens with zero attached hydrogens (tertiary/aromatic N) is 1. The Morgan fingerprint density at radius 3 is 1.69 bits per heavy atom. The maximum atomic E-state index is 11.4. The van der Waals surface area contributed by atoms with Gasteiger partial charge < -0.3 is 31.2 Å². The Kier molecular flexibility index (Phi) is 10.5. The van der Waals surface area contributed by atoms with Gasteiger partial charge >= 0.3 is 12.2 Å². The van der Waals surface area contributed by atoms with Gasteiger partial charge in [-0.05, 0) is 54.4 Å². The zero-order chi connectivity index (χ0) is 20.2. The third kappa shape index (κ3) is 16.7. The van der Waals surface area contributed by atoms with Crippen LogP contribution in [-0.2, 0) is 9.47 Å². The molecule has 0 saturated carbocycles. The number of carbonyl (C=O) groups excluding carboxylic acids is 2. The molecule has 0 radical (unpaired) electrons. The van der Waals surface area contributed by atoms with E-state index in [2.05, 4.69) is 20.9 Å². The first-order chi connectivity index (χ1) is 11.9. The van der Waals surface area contributed by atoms with E-state index in [1.165, 1.54) is 0 Å². The van der Waals surface area contributed by atoms with Crippen LogP contribution in [0.2, 0.25) is 0 Å². The van der Waals surface area contributed by atoms with Crippen molar-refractivity contribution in [2.45, 2.75) is 65.6 Å². The summed E-state index contributed by atoms with van der Waals surface area (Å²) >= 11 is 0. The molecule has 0 aliphatic carbocycles. The average Bonchev–Trinajstić information content (AvgIpc) is 2.42. The first-order valence-corrected chi connectivity index (χ1v) is 8.86. The van der Waals surface area contributed by atoms with E-state index in [1.807, 2.05) is 41.5 Å². The summed E-state index contributed by atoms with van der Waals surface area (Å²) in [5.74, 6) is 0.333. The number of nitrogens with one attached hydrogen (secondary N) is 3. The van der Waals surface area contributed by atoms with Crippen LogP contribution in [0.25, 0.3) is 0 Å². The number of hydrogen-bond acceptors (Lipinski definition) is 5. The molecule has 0 aliphatic heterocycles. The second kappa shape index (κ2) is 11.4. The number of nitrogens with two attached hydrogens (primary N) is 1. The van der Waals surface area contributed by atoms with Gasteiger partial charge in [0, 0.05) is 26.2 Å². The van der Waals surface area contributed by atoms with Crippen LogP contribution in [0.15, 0.2) is 4.99 Å². The van der Waals surface area contributed by atoms with E-state index < -0.39 is 23.4 Å². The van der Waals surface area contributed by atoms with E-state index in [0.29, 0.717) is 45.0 Å². The van der Waals surface area contributed by atoms with Crippen molar-refractivity contribution in [3.05, 3.63) is 0 Å². The highest BCUT2D eigenvalue weighted by atomic mass is 16.6. The molecule has 0 aromatic heterocycles. The number of guanidine groups is 1. The van der Waals surface area contributed by atoms with Crippen LogP contribution in [0.5, 0.6) is 0 Å². The molecule has 0 heterocycles. The number of aliphatic imine (C=N–C) groups is 1. The summed E-state index contributed by atoms with van der Waals surface area (Å²) in [5, 5.41) is 8.28. The van der Waals surface area contributed by atoms with Crippen molar-refractivity contribution in [1.29, 1.82) is 0 Å². The molecule has 9 nitrogen and oxygen atoms in total.